The minimum absolute atomic E-state index is 0.897. The highest BCUT2D eigenvalue weighted by molar-refractivity contribution is 8.23. The molecule has 0 heterocycles. The predicted molar refractivity (Wildman–Crippen MR) is 137 cm³/mol. The number of unbranched alkanes of at least 4 members (excludes halogenated alkanes) is 4. The van der Waals surface area contributed by atoms with Crippen LogP contribution in [0.15, 0.2) is 84.2 Å². The van der Waals surface area contributed by atoms with Crippen LogP contribution in [0.2, 0.25) is 0 Å². The van der Waals surface area contributed by atoms with Crippen molar-refractivity contribution in [3.63, 3.8) is 0 Å². The fourth-order valence-corrected chi connectivity index (χ4v) is 8.44. The van der Waals surface area contributed by atoms with Crippen LogP contribution in [0.3, 0.4) is 0 Å². The van der Waals surface area contributed by atoms with Crippen LogP contribution in [-0.2, 0) is 11.8 Å². The Bertz CT molecular complexity index is 761. The maximum atomic E-state index is 6.66. The lowest BCUT2D eigenvalue weighted by molar-refractivity contribution is 0.643. The second kappa shape index (κ2) is 13.0. The molecule has 2 aromatic carbocycles. The first-order valence-electron chi connectivity index (χ1n) is 11.2. The zero-order valence-corrected chi connectivity index (χ0v) is 20.0. The predicted octanol–water partition coefficient (Wildman–Crippen LogP) is 8.11. The van der Waals surface area contributed by atoms with Gasteiger partial charge in [0, 0.05) is 6.04 Å². The molecular formula is C27H37PS. The molecule has 0 nitrogen and oxygen atoms in total. The lowest BCUT2D eigenvalue weighted by Crippen LogP contribution is -2.18. The van der Waals surface area contributed by atoms with Crippen LogP contribution in [0.1, 0.15) is 71.6 Å². The Labute approximate surface area is 184 Å². The van der Waals surface area contributed by atoms with Gasteiger partial charge in [0.05, 0.1) is 0 Å². The molecule has 0 unspecified atom stereocenters. The molecule has 0 atom stereocenters. The van der Waals surface area contributed by atoms with Gasteiger partial charge in [-0.3, -0.25) is 0 Å². The Balaban J connectivity index is 2.63. The molecule has 0 radical (unpaired) electrons. The normalized spacial score (nSPS) is 12.5. The van der Waals surface area contributed by atoms with E-state index in [9.17, 15) is 0 Å². The van der Waals surface area contributed by atoms with Gasteiger partial charge in [0.25, 0.3) is 0 Å². The van der Waals surface area contributed by atoms with Gasteiger partial charge in [0.1, 0.15) is 0 Å². The first-order valence-corrected chi connectivity index (χ1v) is 14.0. The summed E-state index contributed by atoms with van der Waals surface area (Å²) < 4.78 is 0. The van der Waals surface area contributed by atoms with E-state index in [1.807, 2.05) is 0 Å². The average molecular weight is 425 g/mol. The van der Waals surface area contributed by atoms with E-state index in [1.54, 1.807) is 5.57 Å². The van der Waals surface area contributed by atoms with E-state index < -0.39 is 6.04 Å². The van der Waals surface area contributed by atoms with Crippen LogP contribution in [0.5, 0.6) is 0 Å². The van der Waals surface area contributed by atoms with E-state index in [0.29, 0.717) is 0 Å². The van der Waals surface area contributed by atoms with Gasteiger partial charge in [-0.05, 0) is 48.0 Å². The first kappa shape index (κ1) is 23.8. The molecule has 0 aromatic heterocycles. The third-order valence-corrected chi connectivity index (χ3v) is 10.8. The monoisotopic (exact) mass is 424 g/mol. The van der Waals surface area contributed by atoms with E-state index >= 15 is 0 Å². The highest BCUT2D eigenvalue weighted by Gasteiger charge is 2.28. The Morgan fingerprint density at radius 2 is 1.31 bits per heavy atom. The average Bonchev–Trinajstić information content (AvgIpc) is 2.78. The van der Waals surface area contributed by atoms with Crippen LogP contribution in [0.4, 0.5) is 0 Å². The third kappa shape index (κ3) is 6.53. The van der Waals surface area contributed by atoms with Crippen molar-refractivity contribution in [2.45, 2.75) is 71.6 Å². The van der Waals surface area contributed by atoms with Crippen LogP contribution in [-0.4, -0.2) is 0 Å². The van der Waals surface area contributed by atoms with Crippen LogP contribution in [0, 0.1) is 0 Å². The molecule has 2 heteroatoms. The Morgan fingerprint density at radius 1 is 0.793 bits per heavy atom. The van der Waals surface area contributed by atoms with Gasteiger partial charge in [0.15, 0.2) is 0 Å². The van der Waals surface area contributed by atoms with E-state index in [-0.39, 0.29) is 0 Å². The molecular weight excluding hydrogens is 387 g/mol. The van der Waals surface area contributed by atoms with Gasteiger partial charge in [0.2, 0.25) is 0 Å². The minimum atomic E-state index is -2.06. The van der Waals surface area contributed by atoms with Crippen molar-refractivity contribution in [1.29, 1.82) is 0 Å². The quantitative estimate of drug-likeness (QED) is 0.178. The highest BCUT2D eigenvalue weighted by atomic mass is 32.4. The molecule has 0 saturated carbocycles. The minimum Gasteiger partial charge on any atom is -0.103 e. The lowest BCUT2D eigenvalue weighted by Gasteiger charge is -2.29. The van der Waals surface area contributed by atoms with E-state index in [2.05, 4.69) is 87.2 Å². The molecule has 0 bridgehead atoms. The zero-order valence-electron chi connectivity index (χ0n) is 18.3. The van der Waals surface area contributed by atoms with Gasteiger partial charge >= 0.3 is 0 Å². The molecule has 0 aliphatic carbocycles. The fraction of sp³-hybridized carbons (Fsp3) is 0.407. The zero-order chi connectivity index (χ0) is 21.0. The van der Waals surface area contributed by atoms with Gasteiger partial charge < -0.3 is 0 Å². The SMILES string of the molecule is C=CC/C(=C(\CCCC)CCCCCC)P(=S)(c1ccccc1)c1ccccc1. The lowest BCUT2D eigenvalue weighted by atomic mass is 10.00. The summed E-state index contributed by atoms with van der Waals surface area (Å²) in [6, 6.07) is 19.6. The molecule has 29 heavy (non-hydrogen) atoms. The molecule has 0 amide bonds. The van der Waals surface area contributed by atoms with Crippen molar-refractivity contribution >= 4 is 28.5 Å². The molecule has 0 spiro atoms. The van der Waals surface area contributed by atoms with Crippen LogP contribution >= 0.6 is 6.04 Å². The smallest absolute Gasteiger partial charge is 0.0343 e. The van der Waals surface area contributed by atoms with Crippen molar-refractivity contribution in [3.05, 3.63) is 84.2 Å². The highest BCUT2D eigenvalue weighted by Crippen LogP contribution is 2.56. The van der Waals surface area contributed by atoms with Gasteiger partial charge in [-0.1, -0.05) is 124 Å². The molecule has 156 valence electrons. The van der Waals surface area contributed by atoms with Gasteiger partial charge in [-0.25, -0.2) is 0 Å². The summed E-state index contributed by atoms with van der Waals surface area (Å²) in [6.07, 6.45) is 13.0. The summed E-state index contributed by atoms with van der Waals surface area (Å²) in [5.41, 5.74) is 1.61. The number of benzene rings is 2. The van der Waals surface area contributed by atoms with Crippen LogP contribution < -0.4 is 10.6 Å². The molecule has 2 aromatic rings. The summed E-state index contributed by atoms with van der Waals surface area (Å²) >= 11 is 6.66. The maximum Gasteiger partial charge on any atom is 0.0343 e. The van der Waals surface area contributed by atoms with Crippen LogP contribution in [0.25, 0.3) is 0 Å². The summed E-state index contributed by atoms with van der Waals surface area (Å²) in [7, 11) is 0. The van der Waals surface area contributed by atoms with Crippen molar-refractivity contribution in [2.24, 2.45) is 0 Å². The summed E-state index contributed by atoms with van der Waals surface area (Å²) in [6.45, 7) is 8.67. The molecule has 2 rings (SSSR count). The summed E-state index contributed by atoms with van der Waals surface area (Å²) in [5, 5.41) is 4.10. The molecule has 0 aliphatic rings. The van der Waals surface area contributed by atoms with Crippen molar-refractivity contribution in [2.75, 3.05) is 0 Å². The second-order valence-corrected chi connectivity index (χ2v) is 12.2. The third-order valence-electron chi connectivity index (χ3n) is 5.53. The largest absolute Gasteiger partial charge is 0.103 e. The number of rotatable bonds is 13. The van der Waals surface area contributed by atoms with Gasteiger partial charge in [-0.2, -0.15) is 0 Å². The topological polar surface area (TPSA) is 0 Å². The van der Waals surface area contributed by atoms with Crippen molar-refractivity contribution in [1.82, 2.24) is 0 Å². The molecule has 0 saturated heterocycles. The molecule has 0 N–H and O–H groups in total. The standard InChI is InChI=1S/C27H37PS/c1-4-7-9-12-19-24(18-8-5-2)27(17-6-3)28(29,25-20-13-10-14-21-25)26-22-15-11-16-23-26/h6,10-11,13-16,20-23H,3-5,7-9,12,17-19H2,1-2H3/b27-24-. The Kier molecular flexibility index (Phi) is 10.7. The van der Waals surface area contributed by atoms with Gasteiger partial charge in [-0.15, -0.1) is 6.58 Å². The first-order chi connectivity index (χ1) is 14.2. The number of hydrogen-bond donors (Lipinski definition) is 0. The number of hydrogen-bond acceptors (Lipinski definition) is 1. The van der Waals surface area contributed by atoms with E-state index in [4.69, 9.17) is 11.8 Å². The fourth-order valence-electron chi connectivity index (χ4n) is 3.94. The maximum absolute atomic E-state index is 6.66. The Morgan fingerprint density at radius 3 is 1.79 bits per heavy atom. The van der Waals surface area contributed by atoms with Crippen molar-refractivity contribution in [3.8, 4) is 0 Å². The Hall–Kier alpha value is -1.43. The van der Waals surface area contributed by atoms with E-state index in [0.717, 1.165) is 6.42 Å². The summed E-state index contributed by atoms with van der Waals surface area (Å²) in [4.78, 5) is 0. The van der Waals surface area contributed by atoms with Crippen molar-refractivity contribution < 1.29 is 0 Å². The number of allylic oxidation sites excluding steroid dienone is 3. The van der Waals surface area contributed by atoms with E-state index in [1.165, 1.54) is 67.3 Å². The second-order valence-electron chi connectivity index (χ2n) is 7.74. The molecule has 0 aliphatic heterocycles. The molecule has 0 fully saturated rings. The summed E-state index contributed by atoms with van der Waals surface area (Å²) in [5.74, 6) is 0.